The van der Waals surface area contributed by atoms with Crippen LogP contribution in [0.1, 0.15) is 5.56 Å². The maximum Gasteiger partial charge on any atom is 0.271 e. The highest BCUT2D eigenvalue weighted by molar-refractivity contribution is 5.53. The van der Waals surface area contributed by atoms with Crippen LogP contribution in [-0.2, 0) is 4.74 Å². The van der Waals surface area contributed by atoms with E-state index in [9.17, 15) is 10.1 Å². The molecule has 98 valence electrons. The van der Waals surface area contributed by atoms with E-state index in [0.29, 0.717) is 13.2 Å². The maximum atomic E-state index is 10.8. The summed E-state index contributed by atoms with van der Waals surface area (Å²) in [6, 6.07) is 5.26. The Balaban J connectivity index is 1.97. The molecule has 1 aliphatic rings. The number of nitro groups is 1. The number of nitrogens with one attached hydrogen (secondary N) is 2. The summed E-state index contributed by atoms with van der Waals surface area (Å²) in [6.07, 6.45) is 0. The van der Waals surface area contributed by atoms with Crippen molar-refractivity contribution in [3.8, 4) is 0 Å². The highest BCUT2D eigenvalue weighted by Crippen LogP contribution is 2.20. The number of anilines is 1. The molecule has 1 aromatic carbocycles. The smallest absolute Gasteiger partial charge is 0.271 e. The first kappa shape index (κ1) is 12.8. The number of aryl methyl sites for hydroxylation is 1. The molecule has 0 bridgehead atoms. The fraction of sp³-hybridized carbons (Fsp3) is 0.500. The van der Waals surface area contributed by atoms with Crippen LogP contribution < -0.4 is 10.6 Å². The molecule has 0 spiro atoms. The molecule has 0 aliphatic carbocycles. The zero-order valence-electron chi connectivity index (χ0n) is 10.3. The number of hydrogen-bond acceptors (Lipinski definition) is 5. The second-order valence-electron chi connectivity index (χ2n) is 4.42. The molecule has 6 nitrogen and oxygen atoms in total. The predicted molar refractivity (Wildman–Crippen MR) is 68.9 cm³/mol. The number of hydrogen-bond donors (Lipinski definition) is 2. The van der Waals surface area contributed by atoms with Crippen molar-refractivity contribution >= 4 is 11.4 Å². The highest BCUT2D eigenvalue weighted by atomic mass is 16.6. The lowest BCUT2D eigenvalue weighted by molar-refractivity contribution is -0.384. The average molecular weight is 251 g/mol. The van der Waals surface area contributed by atoms with Crippen molar-refractivity contribution < 1.29 is 9.66 Å². The lowest BCUT2D eigenvalue weighted by Gasteiger charge is -2.24. The van der Waals surface area contributed by atoms with Gasteiger partial charge in [-0.2, -0.15) is 0 Å². The number of morpholine rings is 1. The molecule has 1 fully saturated rings. The third-order valence-corrected chi connectivity index (χ3v) is 2.82. The topological polar surface area (TPSA) is 76.4 Å². The Morgan fingerprint density at radius 2 is 2.39 bits per heavy atom. The SMILES string of the molecule is Cc1cc(NCC2COCCN2)cc([N+](=O)[O-])c1. The van der Waals surface area contributed by atoms with Crippen molar-refractivity contribution in [2.24, 2.45) is 0 Å². The molecular weight excluding hydrogens is 234 g/mol. The number of nitro benzene ring substituents is 1. The first-order valence-electron chi connectivity index (χ1n) is 5.96. The van der Waals surface area contributed by atoms with Crippen molar-refractivity contribution in [2.75, 3.05) is 31.6 Å². The monoisotopic (exact) mass is 251 g/mol. The summed E-state index contributed by atoms with van der Waals surface area (Å²) in [4.78, 5) is 10.4. The molecule has 0 aromatic heterocycles. The van der Waals surface area contributed by atoms with Crippen LogP contribution in [-0.4, -0.2) is 37.3 Å². The zero-order valence-corrected chi connectivity index (χ0v) is 10.3. The summed E-state index contributed by atoms with van der Waals surface area (Å²) in [5.41, 5.74) is 1.76. The largest absolute Gasteiger partial charge is 0.383 e. The molecular formula is C12H17N3O3. The Hall–Kier alpha value is -1.66. The van der Waals surface area contributed by atoms with Crippen LogP contribution in [0.4, 0.5) is 11.4 Å². The van der Waals surface area contributed by atoms with E-state index in [2.05, 4.69) is 10.6 Å². The Morgan fingerprint density at radius 1 is 1.56 bits per heavy atom. The molecule has 1 aromatic rings. The van der Waals surface area contributed by atoms with Gasteiger partial charge < -0.3 is 15.4 Å². The third kappa shape index (κ3) is 3.41. The van der Waals surface area contributed by atoms with Crippen molar-refractivity contribution in [1.82, 2.24) is 5.32 Å². The first-order valence-corrected chi connectivity index (χ1v) is 5.96. The normalized spacial score (nSPS) is 19.5. The van der Waals surface area contributed by atoms with Crippen LogP contribution in [0.15, 0.2) is 18.2 Å². The lowest BCUT2D eigenvalue weighted by Crippen LogP contribution is -2.45. The second-order valence-corrected chi connectivity index (χ2v) is 4.42. The summed E-state index contributed by atoms with van der Waals surface area (Å²) in [5.74, 6) is 0. The fourth-order valence-corrected chi connectivity index (χ4v) is 1.96. The van der Waals surface area contributed by atoms with E-state index in [1.165, 1.54) is 0 Å². The van der Waals surface area contributed by atoms with Crippen molar-refractivity contribution in [3.63, 3.8) is 0 Å². The molecule has 6 heteroatoms. The number of non-ortho nitro benzene ring substituents is 1. The van der Waals surface area contributed by atoms with Crippen LogP contribution in [0, 0.1) is 17.0 Å². The van der Waals surface area contributed by atoms with Crippen LogP contribution >= 0.6 is 0 Å². The molecule has 1 atom stereocenters. The van der Waals surface area contributed by atoms with Gasteiger partial charge in [-0.1, -0.05) is 0 Å². The minimum atomic E-state index is -0.375. The average Bonchev–Trinajstić information content (AvgIpc) is 2.37. The van der Waals surface area contributed by atoms with Gasteiger partial charge in [-0.25, -0.2) is 0 Å². The van der Waals surface area contributed by atoms with Gasteiger partial charge in [-0.05, 0) is 18.6 Å². The van der Waals surface area contributed by atoms with E-state index in [0.717, 1.165) is 24.4 Å². The zero-order chi connectivity index (χ0) is 13.0. The number of nitrogens with zero attached hydrogens (tertiary/aromatic N) is 1. The molecule has 0 radical (unpaired) electrons. The first-order chi connectivity index (χ1) is 8.65. The van der Waals surface area contributed by atoms with Crippen LogP contribution in [0.5, 0.6) is 0 Å². The summed E-state index contributed by atoms with van der Waals surface area (Å²) >= 11 is 0. The van der Waals surface area contributed by atoms with Gasteiger partial charge in [0.25, 0.3) is 5.69 Å². The van der Waals surface area contributed by atoms with Crippen LogP contribution in [0.25, 0.3) is 0 Å². The van der Waals surface area contributed by atoms with Gasteiger partial charge in [0.05, 0.1) is 18.1 Å². The quantitative estimate of drug-likeness (QED) is 0.623. The summed E-state index contributed by atoms with van der Waals surface area (Å²) in [5, 5.41) is 17.3. The van der Waals surface area contributed by atoms with E-state index < -0.39 is 0 Å². The number of rotatable bonds is 4. The van der Waals surface area contributed by atoms with Crippen molar-refractivity contribution in [3.05, 3.63) is 33.9 Å². The maximum absolute atomic E-state index is 10.8. The van der Waals surface area contributed by atoms with Gasteiger partial charge in [0.2, 0.25) is 0 Å². The predicted octanol–water partition coefficient (Wildman–Crippen LogP) is 1.30. The van der Waals surface area contributed by atoms with E-state index in [4.69, 9.17) is 4.74 Å². The Bertz CT molecular complexity index is 431. The van der Waals surface area contributed by atoms with E-state index in [1.807, 2.05) is 13.0 Å². The lowest BCUT2D eigenvalue weighted by atomic mass is 10.2. The summed E-state index contributed by atoms with van der Waals surface area (Å²) in [7, 11) is 0. The van der Waals surface area contributed by atoms with Gasteiger partial charge in [-0.3, -0.25) is 10.1 Å². The van der Waals surface area contributed by atoms with E-state index in [-0.39, 0.29) is 16.7 Å². The third-order valence-electron chi connectivity index (χ3n) is 2.82. The van der Waals surface area contributed by atoms with Crippen LogP contribution in [0.2, 0.25) is 0 Å². The number of benzene rings is 1. The van der Waals surface area contributed by atoms with Gasteiger partial charge in [-0.15, -0.1) is 0 Å². The molecule has 0 saturated carbocycles. The Labute approximate surface area is 105 Å². The molecule has 1 heterocycles. The van der Waals surface area contributed by atoms with Crippen molar-refractivity contribution in [1.29, 1.82) is 0 Å². The molecule has 18 heavy (non-hydrogen) atoms. The molecule has 1 aliphatic heterocycles. The minimum Gasteiger partial charge on any atom is -0.383 e. The molecule has 1 unspecified atom stereocenters. The highest BCUT2D eigenvalue weighted by Gasteiger charge is 2.13. The Kier molecular flexibility index (Phi) is 4.11. The van der Waals surface area contributed by atoms with Crippen LogP contribution in [0.3, 0.4) is 0 Å². The number of ether oxygens (including phenoxy) is 1. The minimum absolute atomic E-state index is 0.116. The molecule has 2 rings (SSSR count). The van der Waals surface area contributed by atoms with E-state index >= 15 is 0 Å². The van der Waals surface area contributed by atoms with E-state index in [1.54, 1.807) is 12.1 Å². The Morgan fingerprint density at radius 3 is 3.06 bits per heavy atom. The second kappa shape index (κ2) is 5.79. The summed E-state index contributed by atoms with van der Waals surface area (Å²) in [6.45, 7) is 4.80. The van der Waals surface area contributed by atoms with Gasteiger partial charge in [0.1, 0.15) is 0 Å². The van der Waals surface area contributed by atoms with Gasteiger partial charge in [0.15, 0.2) is 0 Å². The molecule has 2 N–H and O–H groups in total. The standard InChI is InChI=1S/C12H17N3O3/c1-9-4-10(6-12(5-9)15(16)17)14-7-11-8-18-3-2-13-11/h4-6,11,13-14H,2-3,7-8H2,1H3. The van der Waals surface area contributed by atoms with Gasteiger partial charge >= 0.3 is 0 Å². The fourth-order valence-electron chi connectivity index (χ4n) is 1.96. The van der Waals surface area contributed by atoms with Crippen molar-refractivity contribution in [2.45, 2.75) is 13.0 Å². The molecule has 0 amide bonds. The molecule has 1 saturated heterocycles. The summed E-state index contributed by atoms with van der Waals surface area (Å²) < 4.78 is 5.35. The van der Waals surface area contributed by atoms with Gasteiger partial charge in [0, 0.05) is 37.0 Å².